The van der Waals surface area contributed by atoms with E-state index in [2.05, 4.69) is 16.0 Å². The van der Waals surface area contributed by atoms with Gasteiger partial charge in [0.05, 0.1) is 22.4 Å². The number of amides is 4. The summed E-state index contributed by atoms with van der Waals surface area (Å²) < 4.78 is 5.95. The quantitative estimate of drug-likeness (QED) is 0.584. The van der Waals surface area contributed by atoms with Gasteiger partial charge in [-0.15, -0.1) is 0 Å². The molecular formula is C19H20N4O5. The van der Waals surface area contributed by atoms with Crippen LogP contribution in [0.1, 0.15) is 46.4 Å². The molecule has 4 aliphatic heterocycles. The summed E-state index contributed by atoms with van der Waals surface area (Å²) in [6.45, 7) is 2.27. The van der Waals surface area contributed by atoms with Gasteiger partial charge in [0.2, 0.25) is 11.8 Å². The SMILES string of the molecule is O=C1CCC(N2C(=O)c3cc4c(cc3C2=O)OCC2(CCNCC2)N4)C(=O)N1. The van der Waals surface area contributed by atoms with Gasteiger partial charge in [0.25, 0.3) is 11.8 Å². The average molecular weight is 384 g/mol. The molecule has 1 aromatic rings. The fourth-order valence-electron chi connectivity index (χ4n) is 4.43. The Morgan fingerprint density at radius 1 is 1.04 bits per heavy atom. The number of fused-ring (bicyclic) bond motifs is 2. The van der Waals surface area contributed by atoms with Crippen LogP contribution in [0.2, 0.25) is 0 Å². The number of nitrogens with one attached hydrogen (secondary N) is 3. The van der Waals surface area contributed by atoms with Crippen LogP contribution in [0.5, 0.6) is 5.75 Å². The van der Waals surface area contributed by atoms with Gasteiger partial charge >= 0.3 is 0 Å². The van der Waals surface area contributed by atoms with E-state index in [1.165, 1.54) is 0 Å². The maximum atomic E-state index is 12.9. The number of imide groups is 2. The van der Waals surface area contributed by atoms with Crippen LogP contribution in [0.25, 0.3) is 0 Å². The first-order valence-electron chi connectivity index (χ1n) is 9.49. The van der Waals surface area contributed by atoms with Crippen LogP contribution in [0.15, 0.2) is 12.1 Å². The second kappa shape index (κ2) is 6.03. The van der Waals surface area contributed by atoms with Crippen LogP contribution >= 0.6 is 0 Å². The molecule has 0 saturated carbocycles. The maximum absolute atomic E-state index is 12.9. The van der Waals surface area contributed by atoms with Gasteiger partial charge in [-0.1, -0.05) is 0 Å². The Hall–Kier alpha value is -2.94. The molecule has 3 N–H and O–H groups in total. The number of anilines is 1. The van der Waals surface area contributed by atoms with E-state index in [4.69, 9.17) is 4.74 Å². The molecule has 1 aromatic carbocycles. The number of benzene rings is 1. The standard InChI is InChI=1S/C19H20N4O5/c24-15-2-1-13(16(25)21-15)23-17(26)10-7-12-14(8-11(10)18(23)27)28-9-19(22-12)3-5-20-6-4-19/h7-8,13,20,22H,1-6,9H2,(H,21,24,25). The molecule has 146 valence electrons. The Labute approximate surface area is 160 Å². The van der Waals surface area contributed by atoms with Gasteiger partial charge in [-0.3, -0.25) is 29.4 Å². The van der Waals surface area contributed by atoms with Crippen LogP contribution in [-0.4, -0.2) is 59.8 Å². The van der Waals surface area contributed by atoms with Crippen molar-refractivity contribution in [2.75, 3.05) is 25.0 Å². The van der Waals surface area contributed by atoms with Crippen LogP contribution in [-0.2, 0) is 9.59 Å². The van der Waals surface area contributed by atoms with Crippen LogP contribution < -0.4 is 20.7 Å². The Morgan fingerprint density at radius 3 is 2.46 bits per heavy atom. The minimum Gasteiger partial charge on any atom is -0.489 e. The van der Waals surface area contributed by atoms with E-state index in [-0.39, 0.29) is 29.5 Å². The summed E-state index contributed by atoms with van der Waals surface area (Å²) in [6.07, 6.45) is 2.04. The highest BCUT2D eigenvalue weighted by atomic mass is 16.5. The van der Waals surface area contributed by atoms with Crippen molar-refractivity contribution in [2.45, 2.75) is 37.3 Å². The topological polar surface area (TPSA) is 117 Å². The predicted molar refractivity (Wildman–Crippen MR) is 97.1 cm³/mol. The monoisotopic (exact) mass is 384 g/mol. The molecule has 4 heterocycles. The molecule has 0 radical (unpaired) electrons. The van der Waals surface area contributed by atoms with Gasteiger partial charge in [0.1, 0.15) is 18.4 Å². The summed E-state index contributed by atoms with van der Waals surface area (Å²) in [5.74, 6) is -1.50. The zero-order valence-electron chi connectivity index (χ0n) is 15.2. The van der Waals surface area contributed by atoms with Crippen molar-refractivity contribution in [1.29, 1.82) is 0 Å². The first kappa shape index (κ1) is 17.2. The number of piperidine rings is 2. The Bertz CT molecular complexity index is 921. The molecular weight excluding hydrogens is 364 g/mol. The van der Waals surface area contributed by atoms with Crippen molar-refractivity contribution in [3.05, 3.63) is 23.3 Å². The van der Waals surface area contributed by atoms with Crippen molar-refractivity contribution in [3.8, 4) is 5.75 Å². The van der Waals surface area contributed by atoms with E-state index in [0.717, 1.165) is 30.8 Å². The summed E-state index contributed by atoms with van der Waals surface area (Å²) in [4.78, 5) is 50.3. The maximum Gasteiger partial charge on any atom is 0.262 e. The van der Waals surface area contributed by atoms with Crippen LogP contribution in [0.3, 0.4) is 0 Å². The van der Waals surface area contributed by atoms with Crippen molar-refractivity contribution in [3.63, 3.8) is 0 Å². The van der Waals surface area contributed by atoms with Gasteiger partial charge < -0.3 is 15.4 Å². The Balaban J connectivity index is 1.47. The fourth-order valence-corrected chi connectivity index (χ4v) is 4.43. The van der Waals surface area contributed by atoms with E-state index < -0.39 is 29.7 Å². The molecule has 2 saturated heterocycles. The van der Waals surface area contributed by atoms with Crippen molar-refractivity contribution >= 4 is 29.3 Å². The van der Waals surface area contributed by atoms with E-state index in [1.807, 2.05) is 0 Å². The zero-order valence-corrected chi connectivity index (χ0v) is 15.2. The lowest BCUT2D eigenvalue weighted by molar-refractivity contribution is -0.136. The second-order valence-corrected chi connectivity index (χ2v) is 7.79. The molecule has 0 aromatic heterocycles. The van der Waals surface area contributed by atoms with Crippen molar-refractivity contribution < 1.29 is 23.9 Å². The first-order valence-corrected chi connectivity index (χ1v) is 9.49. The third-order valence-electron chi connectivity index (χ3n) is 6.00. The third-order valence-corrected chi connectivity index (χ3v) is 6.00. The van der Waals surface area contributed by atoms with Gasteiger partial charge in [0, 0.05) is 6.42 Å². The lowest BCUT2D eigenvalue weighted by atomic mass is 9.87. The van der Waals surface area contributed by atoms with Crippen molar-refractivity contribution in [2.24, 2.45) is 0 Å². The summed E-state index contributed by atoms with van der Waals surface area (Å²) >= 11 is 0. The molecule has 1 unspecified atom stereocenters. The highest BCUT2D eigenvalue weighted by Crippen LogP contribution is 2.40. The van der Waals surface area contributed by atoms with E-state index >= 15 is 0 Å². The molecule has 4 amide bonds. The van der Waals surface area contributed by atoms with Gasteiger partial charge in [-0.05, 0) is 44.5 Å². The Kier molecular flexibility index (Phi) is 3.70. The number of carbonyl (C=O) groups excluding carboxylic acids is 4. The highest BCUT2D eigenvalue weighted by molar-refractivity contribution is 6.24. The molecule has 0 bridgehead atoms. The minimum atomic E-state index is -0.966. The third kappa shape index (κ3) is 2.50. The summed E-state index contributed by atoms with van der Waals surface area (Å²) in [5, 5.41) is 9.04. The fraction of sp³-hybridized carbons (Fsp3) is 0.474. The van der Waals surface area contributed by atoms with E-state index in [9.17, 15) is 19.2 Å². The molecule has 2 fully saturated rings. The smallest absolute Gasteiger partial charge is 0.262 e. The summed E-state index contributed by atoms with van der Waals surface area (Å²) in [5.41, 5.74) is 1.01. The largest absolute Gasteiger partial charge is 0.489 e. The molecule has 0 aliphatic carbocycles. The second-order valence-electron chi connectivity index (χ2n) is 7.79. The summed E-state index contributed by atoms with van der Waals surface area (Å²) in [6, 6.07) is 2.27. The van der Waals surface area contributed by atoms with E-state index in [1.54, 1.807) is 12.1 Å². The van der Waals surface area contributed by atoms with Gasteiger partial charge in [-0.2, -0.15) is 0 Å². The number of carbonyl (C=O) groups is 4. The predicted octanol–water partition coefficient (Wildman–Crippen LogP) is 0.0143. The lowest BCUT2D eigenvalue weighted by Crippen LogP contribution is -2.54. The van der Waals surface area contributed by atoms with Crippen LogP contribution in [0.4, 0.5) is 5.69 Å². The molecule has 4 aliphatic rings. The first-order chi connectivity index (χ1) is 13.5. The number of hydrogen-bond donors (Lipinski definition) is 3. The number of hydrogen-bond acceptors (Lipinski definition) is 7. The molecule has 5 rings (SSSR count). The average Bonchev–Trinajstić information content (AvgIpc) is 2.91. The number of ether oxygens (including phenoxy) is 1. The zero-order chi connectivity index (χ0) is 19.5. The molecule has 9 nitrogen and oxygen atoms in total. The lowest BCUT2D eigenvalue weighted by Gasteiger charge is -2.42. The number of rotatable bonds is 1. The normalized spacial score (nSPS) is 25.7. The van der Waals surface area contributed by atoms with E-state index in [0.29, 0.717) is 18.0 Å². The summed E-state index contributed by atoms with van der Waals surface area (Å²) in [7, 11) is 0. The molecule has 1 spiro atoms. The molecule has 1 atom stereocenters. The van der Waals surface area contributed by atoms with Gasteiger partial charge in [0.15, 0.2) is 0 Å². The number of nitrogens with zero attached hydrogens (tertiary/aromatic N) is 1. The molecule has 9 heteroatoms. The molecule has 28 heavy (non-hydrogen) atoms. The van der Waals surface area contributed by atoms with Gasteiger partial charge in [-0.25, -0.2) is 0 Å². The highest BCUT2D eigenvalue weighted by Gasteiger charge is 2.46. The van der Waals surface area contributed by atoms with Crippen LogP contribution in [0, 0.1) is 0 Å². The minimum absolute atomic E-state index is 0.0987. The van der Waals surface area contributed by atoms with Crippen molar-refractivity contribution in [1.82, 2.24) is 15.5 Å². The Morgan fingerprint density at radius 2 is 1.75 bits per heavy atom.